The van der Waals surface area contributed by atoms with Gasteiger partial charge in [-0.05, 0) is 120 Å². The van der Waals surface area contributed by atoms with Crippen molar-refractivity contribution in [2.24, 2.45) is 11.8 Å². The average Bonchev–Trinajstić information content (AvgIpc) is 2.79. The largest absolute Gasteiger partial charge is 0.383 e. The van der Waals surface area contributed by atoms with Crippen LogP contribution in [0.25, 0.3) is 0 Å². The summed E-state index contributed by atoms with van der Waals surface area (Å²) in [5.41, 5.74) is 1.12. The maximum Gasteiger partial charge on any atom is 0.123 e. The Bertz CT molecular complexity index is 642. The van der Waals surface area contributed by atoms with Crippen molar-refractivity contribution in [1.82, 2.24) is 9.80 Å². The van der Waals surface area contributed by atoms with Crippen LogP contribution in [0.3, 0.4) is 0 Å². The van der Waals surface area contributed by atoms with Gasteiger partial charge in [0.25, 0.3) is 0 Å². The minimum absolute atomic E-state index is 0.123. The molecule has 1 heterocycles. The molecule has 1 aliphatic carbocycles. The first-order valence-electron chi connectivity index (χ1n) is 12.5. The fourth-order valence-corrected chi connectivity index (χ4v) is 6.04. The molecular formula is C26H42BrFN2O. The second kappa shape index (κ2) is 13.3. The van der Waals surface area contributed by atoms with E-state index < -0.39 is 0 Å². The van der Waals surface area contributed by atoms with Gasteiger partial charge in [-0.3, -0.25) is 4.90 Å². The molecule has 176 valence electrons. The molecule has 0 amide bonds. The highest BCUT2D eigenvalue weighted by atomic mass is 79.9. The number of halogens is 2. The third-order valence-corrected chi connectivity index (χ3v) is 8.41. The molecular weight excluding hydrogens is 455 g/mol. The number of methoxy groups -OCH3 is 1. The first-order valence-corrected chi connectivity index (χ1v) is 13.3. The third kappa shape index (κ3) is 8.10. The monoisotopic (exact) mass is 496 g/mol. The molecule has 0 spiro atoms. The van der Waals surface area contributed by atoms with Crippen LogP contribution in [0.1, 0.15) is 63.9 Å². The summed E-state index contributed by atoms with van der Waals surface area (Å²) in [6.45, 7) is 9.01. The van der Waals surface area contributed by atoms with Crippen LogP contribution in [0.5, 0.6) is 0 Å². The fraction of sp³-hybridized carbons (Fsp3) is 0.769. The third-order valence-electron chi connectivity index (χ3n) is 7.63. The average molecular weight is 498 g/mol. The fourth-order valence-electron chi connectivity index (χ4n) is 5.63. The van der Waals surface area contributed by atoms with E-state index in [0.29, 0.717) is 5.92 Å². The summed E-state index contributed by atoms with van der Waals surface area (Å²) >= 11 is 3.58. The lowest BCUT2D eigenvalue weighted by molar-refractivity contribution is 0.0947. The number of hydrogen-bond acceptors (Lipinski definition) is 3. The van der Waals surface area contributed by atoms with Crippen LogP contribution in [0.15, 0.2) is 22.7 Å². The Labute approximate surface area is 197 Å². The van der Waals surface area contributed by atoms with E-state index in [1.54, 1.807) is 13.2 Å². The zero-order chi connectivity index (χ0) is 22.1. The Morgan fingerprint density at radius 1 is 1.10 bits per heavy atom. The molecule has 1 saturated carbocycles. The van der Waals surface area contributed by atoms with Crippen molar-refractivity contribution in [2.45, 2.75) is 70.8 Å². The summed E-state index contributed by atoms with van der Waals surface area (Å²) in [7, 11) is 1.80. The van der Waals surface area contributed by atoms with Gasteiger partial charge in [-0.2, -0.15) is 0 Å². The van der Waals surface area contributed by atoms with Gasteiger partial charge in [0.05, 0.1) is 6.61 Å². The lowest BCUT2D eigenvalue weighted by atomic mass is 9.82. The van der Waals surface area contributed by atoms with Gasteiger partial charge in [-0.15, -0.1) is 0 Å². The van der Waals surface area contributed by atoms with Crippen molar-refractivity contribution in [3.63, 3.8) is 0 Å². The quantitative estimate of drug-likeness (QED) is 0.365. The molecule has 0 unspecified atom stereocenters. The predicted molar refractivity (Wildman–Crippen MR) is 131 cm³/mol. The standard InChI is InChI=1S/C26H42BrFN2O/c1-3-30(17-18-31-2)25-9-6-21(7-10-25)5-4-14-29-15-12-22(13-16-29)19-23-20-24(28)8-11-26(23)27/h8,11,20-22,25H,3-7,9-10,12-19H2,1-2H3/t21-,25-. The predicted octanol–water partition coefficient (Wildman–Crippen LogP) is 6.15. The summed E-state index contributed by atoms with van der Waals surface area (Å²) in [5, 5.41) is 0. The number of likely N-dealkylation sites (tertiary alicyclic amines) is 1. The van der Waals surface area contributed by atoms with Crippen LogP contribution in [0, 0.1) is 17.7 Å². The minimum atomic E-state index is -0.123. The number of hydrogen-bond donors (Lipinski definition) is 0. The minimum Gasteiger partial charge on any atom is -0.383 e. The Morgan fingerprint density at radius 3 is 2.52 bits per heavy atom. The van der Waals surface area contributed by atoms with Crippen molar-refractivity contribution in [1.29, 1.82) is 0 Å². The van der Waals surface area contributed by atoms with Gasteiger partial charge >= 0.3 is 0 Å². The smallest absolute Gasteiger partial charge is 0.123 e. The molecule has 31 heavy (non-hydrogen) atoms. The molecule has 3 rings (SSSR count). The number of nitrogens with zero attached hydrogens (tertiary/aromatic N) is 2. The highest BCUT2D eigenvalue weighted by Crippen LogP contribution is 2.31. The lowest BCUT2D eigenvalue weighted by Gasteiger charge is -2.37. The number of likely N-dealkylation sites (N-methyl/N-ethyl adjacent to an activating group) is 1. The van der Waals surface area contributed by atoms with Gasteiger partial charge in [0.2, 0.25) is 0 Å². The Balaban J connectivity index is 1.29. The van der Waals surface area contributed by atoms with E-state index in [1.165, 1.54) is 77.1 Å². The molecule has 5 heteroatoms. The topological polar surface area (TPSA) is 15.7 Å². The first-order chi connectivity index (χ1) is 15.1. The second-order valence-electron chi connectivity index (χ2n) is 9.66. The Hall–Kier alpha value is -0.490. The molecule has 0 N–H and O–H groups in total. The van der Waals surface area contributed by atoms with E-state index in [4.69, 9.17) is 4.74 Å². The number of rotatable bonds is 11. The first kappa shape index (κ1) is 25.1. The van der Waals surface area contributed by atoms with E-state index in [-0.39, 0.29) is 5.82 Å². The Kier molecular flexibility index (Phi) is 10.8. The van der Waals surface area contributed by atoms with Crippen LogP contribution >= 0.6 is 15.9 Å². The highest BCUT2D eigenvalue weighted by Gasteiger charge is 2.25. The highest BCUT2D eigenvalue weighted by molar-refractivity contribution is 9.10. The molecule has 1 aliphatic heterocycles. The van der Waals surface area contributed by atoms with Crippen LogP contribution in [0.4, 0.5) is 4.39 Å². The number of ether oxygens (including phenoxy) is 1. The number of piperidine rings is 1. The molecule has 1 aromatic carbocycles. The summed E-state index contributed by atoms with van der Waals surface area (Å²) in [6.07, 6.45) is 11.7. The number of benzene rings is 1. The van der Waals surface area contributed by atoms with Crippen molar-refractivity contribution < 1.29 is 9.13 Å². The molecule has 1 aromatic rings. The van der Waals surface area contributed by atoms with E-state index >= 15 is 0 Å². The van der Waals surface area contributed by atoms with Crippen molar-refractivity contribution in [3.8, 4) is 0 Å². The molecule has 2 aliphatic rings. The molecule has 0 radical (unpaired) electrons. The van der Waals surface area contributed by atoms with Crippen molar-refractivity contribution in [3.05, 3.63) is 34.1 Å². The molecule has 3 nitrogen and oxygen atoms in total. The lowest BCUT2D eigenvalue weighted by Crippen LogP contribution is -2.40. The van der Waals surface area contributed by atoms with Crippen LogP contribution in [-0.4, -0.2) is 62.3 Å². The molecule has 0 aromatic heterocycles. The van der Waals surface area contributed by atoms with Gasteiger partial charge in [0.15, 0.2) is 0 Å². The van der Waals surface area contributed by atoms with Gasteiger partial charge in [-0.25, -0.2) is 4.39 Å². The second-order valence-corrected chi connectivity index (χ2v) is 10.5. The maximum atomic E-state index is 13.5. The SMILES string of the molecule is CCN(CCOC)[C@H]1CC[C@H](CCCN2CCC(Cc3cc(F)ccc3Br)CC2)CC1. The van der Waals surface area contributed by atoms with E-state index in [1.807, 2.05) is 6.07 Å². The zero-order valence-corrected chi connectivity index (χ0v) is 21.2. The van der Waals surface area contributed by atoms with Crippen molar-refractivity contribution >= 4 is 15.9 Å². The maximum absolute atomic E-state index is 13.5. The summed E-state index contributed by atoms with van der Waals surface area (Å²) in [5.74, 6) is 1.49. The molecule has 1 saturated heterocycles. The van der Waals surface area contributed by atoms with Crippen molar-refractivity contribution in [2.75, 3.05) is 46.4 Å². The van der Waals surface area contributed by atoms with E-state index in [2.05, 4.69) is 32.7 Å². The normalized spacial score (nSPS) is 23.5. The van der Waals surface area contributed by atoms with E-state index in [9.17, 15) is 4.39 Å². The van der Waals surface area contributed by atoms with Gasteiger partial charge in [0.1, 0.15) is 5.82 Å². The summed E-state index contributed by atoms with van der Waals surface area (Å²) in [4.78, 5) is 5.28. The van der Waals surface area contributed by atoms with E-state index in [0.717, 1.165) is 48.1 Å². The Morgan fingerprint density at radius 2 is 1.84 bits per heavy atom. The molecule has 0 bridgehead atoms. The van der Waals surface area contributed by atoms with Gasteiger partial charge in [0, 0.05) is 24.2 Å². The zero-order valence-electron chi connectivity index (χ0n) is 19.6. The summed E-state index contributed by atoms with van der Waals surface area (Å²) in [6, 6.07) is 5.84. The van der Waals surface area contributed by atoms with Gasteiger partial charge in [-0.1, -0.05) is 22.9 Å². The summed E-state index contributed by atoms with van der Waals surface area (Å²) < 4.78 is 19.9. The van der Waals surface area contributed by atoms with Crippen LogP contribution < -0.4 is 0 Å². The molecule has 2 fully saturated rings. The van der Waals surface area contributed by atoms with Crippen LogP contribution in [-0.2, 0) is 11.2 Å². The van der Waals surface area contributed by atoms with Crippen LogP contribution in [0.2, 0.25) is 0 Å². The van der Waals surface area contributed by atoms with Gasteiger partial charge < -0.3 is 9.64 Å². The molecule has 0 atom stereocenters.